The Morgan fingerprint density at radius 3 is 2.64 bits per heavy atom. The minimum atomic E-state index is -0.472. The molecule has 5 heteroatoms. The summed E-state index contributed by atoms with van der Waals surface area (Å²) < 4.78 is 10.9. The van der Waals surface area contributed by atoms with E-state index < -0.39 is 6.04 Å². The Hall–Kier alpha value is -2.81. The number of ether oxygens (including phenoxy) is 2. The predicted octanol–water partition coefficient (Wildman–Crippen LogP) is 3.09. The van der Waals surface area contributed by atoms with Crippen molar-refractivity contribution in [2.75, 3.05) is 38.2 Å². The maximum Gasteiger partial charge on any atom is 0.325 e. The van der Waals surface area contributed by atoms with Crippen molar-refractivity contribution in [1.82, 2.24) is 4.90 Å². The molecule has 0 saturated carbocycles. The molecule has 1 aliphatic rings. The van der Waals surface area contributed by atoms with Gasteiger partial charge in [0.25, 0.3) is 0 Å². The molecule has 1 N–H and O–H groups in total. The molecule has 0 aliphatic carbocycles. The highest BCUT2D eigenvalue weighted by molar-refractivity contribution is 5.78. The number of carbonyl (C=O) groups excluding carboxylic acids is 1. The van der Waals surface area contributed by atoms with Gasteiger partial charge in [-0.2, -0.15) is 0 Å². The number of hydrogen-bond acceptors (Lipinski definition) is 5. The standard InChI is InChI=1S/C23H26N2O3/c1-3-18-9-8-12-20(17-18)24-21(19-10-6-5-7-11-19)22(23(26)28-4-2)25-13-15-27-16-14-25/h1,5-12,17,21-22,24H,4,13-16H2,2H3/t21-,22+/m0/s1. The average molecular weight is 378 g/mol. The van der Waals surface area contributed by atoms with Crippen molar-refractivity contribution in [2.45, 2.75) is 19.0 Å². The zero-order valence-corrected chi connectivity index (χ0v) is 16.1. The quantitative estimate of drug-likeness (QED) is 0.593. The van der Waals surface area contributed by atoms with E-state index in [2.05, 4.69) is 16.1 Å². The van der Waals surface area contributed by atoms with Crippen molar-refractivity contribution in [3.63, 3.8) is 0 Å². The zero-order valence-electron chi connectivity index (χ0n) is 16.1. The topological polar surface area (TPSA) is 50.8 Å². The molecule has 0 spiro atoms. The van der Waals surface area contributed by atoms with Gasteiger partial charge in [-0.3, -0.25) is 9.69 Å². The minimum absolute atomic E-state index is 0.237. The molecule has 146 valence electrons. The third-order valence-corrected chi connectivity index (χ3v) is 4.79. The lowest BCUT2D eigenvalue weighted by Gasteiger charge is -2.38. The molecule has 3 rings (SSSR count). The molecule has 0 bridgehead atoms. The van der Waals surface area contributed by atoms with Gasteiger partial charge in [-0.15, -0.1) is 6.42 Å². The number of morpholine rings is 1. The van der Waals surface area contributed by atoms with Crippen LogP contribution in [-0.2, 0) is 14.3 Å². The van der Waals surface area contributed by atoms with Crippen LogP contribution in [0.15, 0.2) is 54.6 Å². The van der Waals surface area contributed by atoms with E-state index in [-0.39, 0.29) is 12.0 Å². The molecule has 0 amide bonds. The van der Waals surface area contributed by atoms with E-state index in [1.807, 2.05) is 61.5 Å². The van der Waals surface area contributed by atoms with Crippen LogP contribution in [0.5, 0.6) is 0 Å². The molecular formula is C23H26N2O3. The Morgan fingerprint density at radius 1 is 1.21 bits per heavy atom. The molecular weight excluding hydrogens is 352 g/mol. The summed E-state index contributed by atoms with van der Waals surface area (Å²) in [7, 11) is 0. The lowest BCUT2D eigenvalue weighted by Crippen LogP contribution is -2.52. The van der Waals surface area contributed by atoms with Crippen LogP contribution in [0.3, 0.4) is 0 Å². The number of benzene rings is 2. The van der Waals surface area contributed by atoms with E-state index in [1.54, 1.807) is 0 Å². The lowest BCUT2D eigenvalue weighted by molar-refractivity contribution is -0.152. The maximum atomic E-state index is 13.0. The SMILES string of the molecule is C#Cc1cccc(N[C@@H](c2ccccc2)[C@H](C(=O)OCC)N2CCOCC2)c1. The Kier molecular flexibility index (Phi) is 7.07. The normalized spacial score (nSPS) is 16.6. The highest BCUT2D eigenvalue weighted by Gasteiger charge is 2.36. The average Bonchev–Trinajstić information content (AvgIpc) is 2.75. The first kappa shape index (κ1) is 19.9. The molecule has 1 heterocycles. The summed E-state index contributed by atoms with van der Waals surface area (Å²) in [6.45, 7) is 4.73. The molecule has 2 aromatic carbocycles. The number of terminal acetylenes is 1. The fourth-order valence-electron chi connectivity index (χ4n) is 3.46. The first-order chi connectivity index (χ1) is 13.7. The van der Waals surface area contributed by atoms with E-state index in [9.17, 15) is 4.79 Å². The summed E-state index contributed by atoms with van der Waals surface area (Å²) >= 11 is 0. The minimum Gasteiger partial charge on any atom is -0.465 e. The van der Waals surface area contributed by atoms with Crippen molar-refractivity contribution < 1.29 is 14.3 Å². The molecule has 0 aromatic heterocycles. The van der Waals surface area contributed by atoms with Crippen LogP contribution in [0.25, 0.3) is 0 Å². The van der Waals surface area contributed by atoms with Crippen molar-refractivity contribution in [2.24, 2.45) is 0 Å². The number of carbonyl (C=O) groups is 1. The third-order valence-electron chi connectivity index (χ3n) is 4.79. The van der Waals surface area contributed by atoms with Crippen LogP contribution in [0, 0.1) is 12.3 Å². The second-order valence-electron chi connectivity index (χ2n) is 6.60. The van der Waals surface area contributed by atoms with Crippen LogP contribution in [0.1, 0.15) is 24.1 Å². The number of nitrogens with one attached hydrogen (secondary N) is 1. The van der Waals surface area contributed by atoms with E-state index >= 15 is 0 Å². The molecule has 5 nitrogen and oxygen atoms in total. The summed E-state index contributed by atoms with van der Waals surface area (Å²) in [5.41, 5.74) is 2.67. The first-order valence-corrected chi connectivity index (χ1v) is 9.59. The predicted molar refractivity (Wildman–Crippen MR) is 110 cm³/mol. The van der Waals surface area contributed by atoms with Gasteiger partial charge in [0, 0.05) is 24.3 Å². The molecule has 0 unspecified atom stereocenters. The summed E-state index contributed by atoms with van der Waals surface area (Å²) in [6, 6.07) is 16.9. The first-order valence-electron chi connectivity index (χ1n) is 9.59. The van der Waals surface area contributed by atoms with E-state index in [4.69, 9.17) is 15.9 Å². The van der Waals surface area contributed by atoms with Gasteiger partial charge in [-0.25, -0.2) is 0 Å². The third kappa shape index (κ3) is 4.92. The second-order valence-corrected chi connectivity index (χ2v) is 6.60. The van der Waals surface area contributed by atoms with Gasteiger partial charge >= 0.3 is 5.97 Å². The Balaban J connectivity index is 1.98. The number of esters is 1. The van der Waals surface area contributed by atoms with E-state index in [0.29, 0.717) is 32.9 Å². The van der Waals surface area contributed by atoms with Crippen molar-refractivity contribution in [3.8, 4) is 12.3 Å². The van der Waals surface area contributed by atoms with Crippen molar-refractivity contribution in [1.29, 1.82) is 0 Å². The fraction of sp³-hybridized carbons (Fsp3) is 0.348. The molecule has 1 aliphatic heterocycles. The van der Waals surface area contributed by atoms with Gasteiger partial charge in [-0.05, 0) is 30.7 Å². The smallest absolute Gasteiger partial charge is 0.325 e. The Bertz CT molecular complexity index is 810. The summed E-state index contributed by atoms with van der Waals surface area (Å²) in [5, 5.41) is 3.53. The Labute approximate surface area is 166 Å². The number of anilines is 1. The molecule has 0 radical (unpaired) electrons. The largest absolute Gasteiger partial charge is 0.465 e. The lowest BCUT2D eigenvalue weighted by atomic mass is 9.96. The summed E-state index contributed by atoms with van der Waals surface area (Å²) in [5.74, 6) is 2.42. The van der Waals surface area contributed by atoms with Gasteiger partial charge in [0.15, 0.2) is 0 Å². The van der Waals surface area contributed by atoms with Gasteiger partial charge in [-0.1, -0.05) is 42.3 Å². The van der Waals surface area contributed by atoms with Crippen molar-refractivity contribution >= 4 is 11.7 Å². The highest BCUT2D eigenvalue weighted by atomic mass is 16.5. The van der Waals surface area contributed by atoms with Crippen LogP contribution >= 0.6 is 0 Å². The summed E-state index contributed by atoms with van der Waals surface area (Å²) in [6.07, 6.45) is 5.55. The van der Waals surface area contributed by atoms with Gasteiger partial charge in [0.2, 0.25) is 0 Å². The molecule has 1 saturated heterocycles. The van der Waals surface area contributed by atoms with Crippen molar-refractivity contribution in [3.05, 3.63) is 65.7 Å². The van der Waals surface area contributed by atoms with Gasteiger partial charge in [0.1, 0.15) is 6.04 Å². The van der Waals surface area contributed by atoms with Gasteiger partial charge in [0.05, 0.1) is 25.9 Å². The molecule has 1 fully saturated rings. The highest BCUT2D eigenvalue weighted by Crippen LogP contribution is 2.28. The van der Waals surface area contributed by atoms with Crippen LogP contribution < -0.4 is 5.32 Å². The zero-order chi connectivity index (χ0) is 19.8. The molecule has 2 aromatic rings. The summed E-state index contributed by atoms with van der Waals surface area (Å²) in [4.78, 5) is 15.1. The molecule has 28 heavy (non-hydrogen) atoms. The number of hydrogen-bond donors (Lipinski definition) is 1. The maximum absolute atomic E-state index is 13.0. The number of rotatable bonds is 7. The van der Waals surface area contributed by atoms with Crippen LogP contribution in [-0.4, -0.2) is 49.8 Å². The number of nitrogens with zero attached hydrogens (tertiary/aromatic N) is 1. The van der Waals surface area contributed by atoms with E-state index in [0.717, 1.165) is 16.8 Å². The van der Waals surface area contributed by atoms with Crippen LogP contribution in [0.2, 0.25) is 0 Å². The monoisotopic (exact) mass is 378 g/mol. The fourth-order valence-corrected chi connectivity index (χ4v) is 3.46. The van der Waals surface area contributed by atoms with Gasteiger partial charge < -0.3 is 14.8 Å². The van der Waals surface area contributed by atoms with E-state index in [1.165, 1.54) is 0 Å². The molecule has 2 atom stereocenters. The Morgan fingerprint density at radius 2 is 1.96 bits per heavy atom. The van der Waals surface area contributed by atoms with Crippen LogP contribution in [0.4, 0.5) is 5.69 Å². The second kappa shape index (κ2) is 9.93.